The molecule has 0 radical (unpaired) electrons. The number of guanidine groups is 1. The Kier molecular flexibility index (Phi) is 5.76. The lowest BCUT2D eigenvalue weighted by Gasteiger charge is -2.23. The van der Waals surface area contributed by atoms with Crippen LogP contribution in [0.3, 0.4) is 0 Å². The normalized spacial score (nSPS) is 13.0. The topological polar surface area (TPSA) is 52.8 Å². The van der Waals surface area contributed by atoms with Crippen molar-refractivity contribution in [2.24, 2.45) is 12.0 Å². The summed E-state index contributed by atoms with van der Waals surface area (Å²) >= 11 is 0. The average Bonchev–Trinajstić information content (AvgIpc) is 2.93. The van der Waals surface area contributed by atoms with Crippen LogP contribution in [0.4, 0.5) is 4.39 Å². The van der Waals surface area contributed by atoms with Crippen LogP contribution in [-0.4, -0.2) is 41.2 Å². The Morgan fingerprint density at radius 3 is 2.70 bits per heavy atom. The van der Waals surface area contributed by atoms with E-state index in [2.05, 4.69) is 10.3 Å². The Morgan fingerprint density at radius 2 is 2.09 bits per heavy atom. The molecule has 0 aliphatic carbocycles. The van der Waals surface area contributed by atoms with Crippen molar-refractivity contribution in [3.63, 3.8) is 0 Å². The highest BCUT2D eigenvalue weighted by Gasteiger charge is 2.14. The molecular weight excluding hydrogens is 295 g/mol. The average molecular weight is 318 g/mol. The molecule has 1 unspecified atom stereocenters. The highest BCUT2D eigenvalue weighted by atomic mass is 19.1. The fourth-order valence-corrected chi connectivity index (χ4v) is 2.41. The van der Waals surface area contributed by atoms with Crippen molar-refractivity contribution in [3.8, 4) is 0 Å². The molecule has 0 amide bonds. The van der Waals surface area contributed by atoms with Gasteiger partial charge in [0.25, 0.3) is 0 Å². The van der Waals surface area contributed by atoms with E-state index in [1.807, 2.05) is 41.9 Å². The van der Waals surface area contributed by atoms with E-state index in [4.69, 9.17) is 0 Å². The van der Waals surface area contributed by atoms with Crippen LogP contribution in [-0.2, 0) is 13.6 Å². The second-order valence-electron chi connectivity index (χ2n) is 5.43. The van der Waals surface area contributed by atoms with Crippen molar-refractivity contribution >= 4 is 5.96 Å². The van der Waals surface area contributed by atoms with Gasteiger partial charge in [0.2, 0.25) is 0 Å². The summed E-state index contributed by atoms with van der Waals surface area (Å²) < 4.78 is 15.7. The SMILES string of the molecule is CN=C(NCC(O)c1ccccc1F)N(C)Cc1cccn1C. The van der Waals surface area contributed by atoms with Crippen LogP contribution < -0.4 is 5.32 Å². The maximum atomic E-state index is 13.7. The van der Waals surface area contributed by atoms with Gasteiger partial charge >= 0.3 is 0 Å². The summed E-state index contributed by atoms with van der Waals surface area (Å²) in [6, 6.07) is 10.3. The van der Waals surface area contributed by atoms with Gasteiger partial charge < -0.3 is 19.9 Å². The lowest BCUT2D eigenvalue weighted by molar-refractivity contribution is 0.175. The molecule has 5 nitrogen and oxygen atoms in total. The Bertz CT molecular complexity index is 668. The predicted molar refractivity (Wildman–Crippen MR) is 89.6 cm³/mol. The number of nitrogens with one attached hydrogen (secondary N) is 1. The maximum absolute atomic E-state index is 13.7. The number of aliphatic hydroxyl groups excluding tert-OH is 1. The van der Waals surface area contributed by atoms with Gasteiger partial charge in [-0.2, -0.15) is 0 Å². The Morgan fingerprint density at radius 1 is 1.35 bits per heavy atom. The quantitative estimate of drug-likeness (QED) is 0.654. The molecular formula is C17H23FN4O. The highest BCUT2D eigenvalue weighted by Crippen LogP contribution is 2.15. The molecule has 1 heterocycles. The van der Waals surface area contributed by atoms with Gasteiger partial charge in [-0.3, -0.25) is 4.99 Å². The first-order valence-corrected chi connectivity index (χ1v) is 7.47. The monoisotopic (exact) mass is 318 g/mol. The van der Waals surface area contributed by atoms with Crippen LogP contribution in [0.5, 0.6) is 0 Å². The minimum atomic E-state index is -0.934. The second-order valence-corrected chi connectivity index (χ2v) is 5.43. The van der Waals surface area contributed by atoms with Gasteiger partial charge in [-0.1, -0.05) is 18.2 Å². The minimum absolute atomic E-state index is 0.186. The van der Waals surface area contributed by atoms with E-state index in [0.29, 0.717) is 12.5 Å². The summed E-state index contributed by atoms with van der Waals surface area (Å²) in [5.41, 5.74) is 1.42. The van der Waals surface area contributed by atoms with Crippen LogP contribution in [0, 0.1) is 5.82 Å². The second kappa shape index (κ2) is 7.78. The molecule has 124 valence electrons. The molecule has 0 saturated carbocycles. The first-order valence-electron chi connectivity index (χ1n) is 7.47. The fraction of sp³-hybridized carbons (Fsp3) is 0.353. The van der Waals surface area contributed by atoms with E-state index in [9.17, 15) is 9.50 Å². The summed E-state index contributed by atoms with van der Waals surface area (Å²) in [6.07, 6.45) is 1.05. The standard InChI is InChI=1S/C17H23FN4O/c1-19-17(22(3)12-13-7-6-10-21(13)2)20-11-16(23)14-8-4-5-9-15(14)18/h4-10,16,23H,11-12H2,1-3H3,(H,19,20). The van der Waals surface area contributed by atoms with Gasteiger partial charge in [0.15, 0.2) is 5.96 Å². The van der Waals surface area contributed by atoms with Crippen molar-refractivity contribution in [1.82, 2.24) is 14.8 Å². The minimum Gasteiger partial charge on any atom is -0.386 e. The van der Waals surface area contributed by atoms with Gasteiger partial charge in [-0.25, -0.2) is 4.39 Å². The van der Waals surface area contributed by atoms with Crippen molar-refractivity contribution in [1.29, 1.82) is 0 Å². The zero-order valence-electron chi connectivity index (χ0n) is 13.7. The van der Waals surface area contributed by atoms with E-state index in [-0.39, 0.29) is 12.1 Å². The first-order chi connectivity index (χ1) is 11.0. The Labute approximate surface area is 136 Å². The fourth-order valence-electron chi connectivity index (χ4n) is 2.41. The van der Waals surface area contributed by atoms with Crippen LogP contribution in [0.25, 0.3) is 0 Å². The van der Waals surface area contributed by atoms with Crippen LogP contribution in [0.15, 0.2) is 47.6 Å². The molecule has 1 atom stereocenters. The number of nitrogens with zero attached hydrogens (tertiary/aromatic N) is 3. The molecule has 0 spiro atoms. The number of hydrogen-bond acceptors (Lipinski definition) is 2. The number of aliphatic imine (C=N–C) groups is 1. The number of hydrogen-bond donors (Lipinski definition) is 2. The molecule has 6 heteroatoms. The number of benzene rings is 1. The van der Waals surface area contributed by atoms with Crippen molar-refractivity contribution < 1.29 is 9.50 Å². The third-order valence-corrected chi connectivity index (χ3v) is 3.74. The van der Waals surface area contributed by atoms with E-state index >= 15 is 0 Å². The molecule has 2 rings (SSSR count). The summed E-state index contributed by atoms with van der Waals surface area (Å²) in [5, 5.41) is 13.2. The van der Waals surface area contributed by atoms with E-state index < -0.39 is 11.9 Å². The summed E-state index contributed by atoms with van der Waals surface area (Å²) in [4.78, 5) is 6.15. The zero-order chi connectivity index (χ0) is 16.8. The molecule has 0 bridgehead atoms. The van der Waals surface area contributed by atoms with Crippen molar-refractivity contribution in [3.05, 3.63) is 59.7 Å². The van der Waals surface area contributed by atoms with Gasteiger partial charge in [-0.15, -0.1) is 0 Å². The number of halogens is 1. The van der Waals surface area contributed by atoms with Gasteiger partial charge in [0.05, 0.1) is 12.6 Å². The Hall–Kier alpha value is -2.34. The molecule has 23 heavy (non-hydrogen) atoms. The lowest BCUT2D eigenvalue weighted by atomic mass is 10.1. The highest BCUT2D eigenvalue weighted by molar-refractivity contribution is 5.79. The summed E-state index contributed by atoms with van der Waals surface area (Å²) in [7, 11) is 5.58. The Balaban J connectivity index is 1.95. The first kappa shape index (κ1) is 17.0. The zero-order valence-corrected chi connectivity index (χ0v) is 13.7. The van der Waals surface area contributed by atoms with E-state index in [1.165, 1.54) is 6.07 Å². The van der Waals surface area contributed by atoms with Crippen molar-refractivity contribution in [2.75, 3.05) is 20.6 Å². The van der Waals surface area contributed by atoms with Gasteiger partial charge in [-0.05, 0) is 18.2 Å². The molecule has 1 aromatic heterocycles. The molecule has 2 aromatic rings. The molecule has 0 aliphatic rings. The number of rotatable bonds is 5. The summed E-state index contributed by atoms with van der Waals surface area (Å²) in [5.74, 6) is 0.232. The van der Waals surface area contributed by atoms with Crippen LogP contribution in [0.1, 0.15) is 17.4 Å². The van der Waals surface area contributed by atoms with E-state index in [0.717, 1.165) is 5.69 Å². The number of aryl methyl sites for hydroxylation is 1. The van der Waals surface area contributed by atoms with Crippen LogP contribution >= 0.6 is 0 Å². The largest absolute Gasteiger partial charge is 0.386 e. The third-order valence-electron chi connectivity index (χ3n) is 3.74. The number of aromatic nitrogens is 1. The lowest BCUT2D eigenvalue weighted by Crippen LogP contribution is -2.40. The predicted octanol–water partition coefficient (Wildman–Crippen LogP) is 1.91. The summed E-state index contributed by atoms with van der Waals surface area (Å²) in [6.45, 7) is 0.865. The number of aliphatic hydroxyl groups is 1. The van der Waals surface area contributed by atoms with Crippen LogP contribution in [0.2, 0.25) is 0 Å². The molecule has 0 aliphatic heterocycles. The molecule has 0 fully saturated rings. The third kappa shape index (κ3) is 4.32. The van der Waals surface area contributed by atoms with E-state index in [1.54, 1.807) is 25.2 Å². The maximum Gasteiger partial charge on any atom is 0.193 e. The van der Waals surface area contributed by atoms with Gasteiger partial charge in [0, 0.05) is 45.1 Å². The molecule has 0 saturated heterocycles. The molecule has 2 N–H and O–H groups in total. The van der Waals surface area contributed by atoms with Gasteiger partial charge in [0.1, 0.15) is 5.82 Å². The molecule has 1 aromatic carbocycles. The smallest absolute Gasteiger partial charge is 0.193 e. The van der Waals surface area contributed by atoms with Crippen molar-refractivity contribution in [2.45, 2.75) is 12.6 Å².